The lowest BCUT2D eigenvalue weighted by atomic mass is 9.42. The van der Waals surface area contributed by atoms with E-state index in [1.54, 1.807) is 12.8 Å². The Labute approximate surface area is 69.4 Å². The third kappa shape index (κ3) is 0.522. The second kappa shape index (κ2) is 1.53. The second-order valence-corrected chi connectivity index (χ2v) is 5.65. The molecule has 0 N–H and O–H groups in total. The van der Waals surface area contributed by atoms with Crippen molar-refractivity contribution in [3.8, 4) is 0 Å². The topological polar surface area (TPSA) is 0 Å². The molecule has 5 atom stereocenters. The maximum atomic E-state index is 2.53. The molecule has 0 aromatic carbocycles. The van der Waals surface area contributed by atoms with Crippen molar-refractivity contribution < 1.29 is 0 Å². The van der Waals surface area contributed by atoms with Crippen molar-refractivity contribution in [3.63, 3.8) is 0 Å². The smallest absolute Gasteiger partial charge is 0.0258 e. The van der Waals surface area contributed by atoms with Crippen LogP contribution in [-0.4, -0.2) is 0 Å². The van der Waals surface area contributed by atoms with E-state index in [-0.39, 0.29) is 0 Å². The first-order valence-corrected chi connectivity index (χ1v) is 5.14. The van der Waals surface area contributed by atoms with Crippen molar-refractivity contribution in [2.45, 2.75) is 33.6 Å². The molecule has 0 nitrogen and oxygen atoms in total. The molecule has 0 aromatic heterocycles. The molecule has 3 aliphatic carbocycles. The third-order valence-electron chi connectivity index (χ3n) is 4.90. The first kappa shape index (κ1) is 6.51. The van der Waals surface area contributed by atoms with Gasteiger partial charge in [0.2, 0.25) is 0 Å². The van der Waals surface area contributed by atoms with Crippen LogP contribution < -0.4 is 0 Å². The molecular formula is C11H18. The van der Waals surface area contributed by atoms with Gasteiger partial charge in [-0.15, -0.1) is 0 Å². The Morgan fingerprint density at radius 2 is 2.09 bits per heavy atom. The molecule has 0 aliphatic heterocycles. The van der Waals surface area contributed by atoms with Gasteiger partial charge in [0, 0.05) is 0 Å². The fourth-order valence-corrected chi connectivity index (χ4v) is 4.21. The van der Waals surface area contributed by atoms with Gasteiger partial charge in [-0.2, -0.15) is 0 Å². The van der Waals surface area contributed by atoms with Crippen molar-refractivity contribution in [2.75, 3.05) is 0 Å². The molecule has 0 heteroatoms. The Balaban J connectivity index is 1.80. The van der Waals surface area contributed by atoms with Gasteiger partial charge < -0.3 is 0 Å². The van der Waals surface area contributed by atoms with E-state index in [1.807, 2.05) is 0 Å². The Bertz CT molecular complexity index is 206. The van der Waals surface area contributed by atoms with Gasteiger partial charge in [-0.1, -0.05) is 20.8 Å². The molecule has 0 bridgehead atoms. The van der Waals surface area contributed by atoms with Crippen LogP contribution in [0.15, 0.2) is 0 Å². The molecule has 3 rings (SSSR count). The van der Waals surface area contributed by atoms with Gasteiger partial charge in [0.1, 0.15) is 0 Å². The molecule has 3 aliphatic rings. The fraction of sp³-hybridized carbons (Fsp3) is 1.00. The van der Waals surface area contributed by atoms with Gasteiger partial charge in [-0.3, -0.25) is 0 Å². The molecule has 5 unspecified atom stereocenters. The summed E-state index contributed by atoms with van der Waals surface area (Å²) < 4.78 is 0. The Kier molecular flexibility index (Phi) is 0.906. The van der Waals surface area contributed by atoms with E-state index in [2.05, 4.69) is 20.8 Å². The van der Waals surface area contributed by atoms with Crippen molar-refractivity contribution in [2.24, 2.45) is 35.0 Å². The fourth-order valence-electron chi connectivity index (χ4n) is 4.21. The van der Waals surface area contributed by atoms with Crippen LogP contribution in [0.2, 0.25) is 0 Å². The first-order chi connectivity index (χ1) is 5.14. The van der Waals surface area contributed by atoms with Crippen LogP contribution in [-0.2, 0) is 0 Å². The minimum absolute atomic E-state index is 0.847. The molecule has 0 radical (unpaired) electrons. The lowest BCUT2D eigenvalue weighted by molar-refractivity contribution is -0.149. The predicted molar refractivity (Wildman–Crippen MR) is 46.1 cm³/mol. The second-order valence-electron chi connectivity index (χ2n) is 5.65. The van der Waals surface area contributed by atoms with Gasteiger partial charge >= 0.3 is 0 Å². The summed E-state index contributed by atoms with van der Waals surface area (Å²) >= 11 is 0. The van der Waals surface area contributed by atoms with Crippen molar-refractivity contribution in [3.05, 3.63) is 0 Å². The van der Waals surface area contributed by atoms with Crippen LogP contribution >= 0.6 is 0 Å². The quantitative estimate of drug-likeness (QED) is 0.539. The maximum Gasteiger partial charge on any atom is -0.0258 e. The molecule has 0 spiro atoms. The summed E-state index contributed by atoms with van der Waals surface area (Å²) in [5.74, 6) is 5.59. The van der Waals surface area contributed by atoms with E-state index >= 15 is 0 Å². The van der Waals surface area contributed by atoms with Crippen LogP contribution in [0.1, 0.15) is 33.6 Å². The lowest BCUT2D eigenvalue weighted by Gasteiger charge is -2.63. The molecule has 0 heterocycles. The highest BCUT2D eigenvalue weighted by atomic mass is 14.8. The molecule has 3 saturated carbocycles. The standard InChI is InChI=1S/C11H18/c1-6(2)8-5-11(3)9-4-7(9)10(8)11/h6-10H,4-5H2,1-3H3. The minimum Gasteiger partial charge on any atom is -0.0625 e. The molecule has 62 valence electrons. The zero-order chi connectivity index (χ0) is 7.80. The normalized spacial score (nSPS) is 64.4. The zero-order valence-electron chi connectivity index (χ0n) is 7.80. The van der Waals surface area contributed by atoms with Crippen molar-refractivity contribution in [1.82, 2.24) is 0 Å². The molecule has 11 heavy (non-hydrogen) atoms. The number of rotatable bonds is 1. The van der Waals surface area contributed by atoms with Crippen molar-refractivity contribution in [1.29, 1.82) is 0 Å². The summed E-state index contributed by atoms with van der Waals surface area (Å²) in [6.45, 7) is 7.34. The molecule has 0 saturated heterocycles. The van der Waals surface area contributed by atoms with Crippen LogP contribution in [0, 0.1) is 35.0 Å². The van der Waals surface area contributed by atoms with Crippen LogP contribution in [0.3, 0.4) is 0 Å². The summed E-state index contributed by atoms with van der Waals surface area (Å²) in [5.41, 5.74) is 0.847. The predicted octanol–water partition coefficient (Wildman–Crippen LogP) is 2.93. The highest BCUT2D eigenvalue weighted by molar-refractivity contribution is 5.23. The zero-order valence-corrected chi connectivity index (χ0v) is 7.80. The largest absolute Gasteiger partial charge is 0.0625 e. The van der Waals surface area contributed by atoms with E-state index in [0.717, 1.165) is 23.2 Å². The van der Waals surface area contributed by atoms with Gasteiger partial charge in [0.15, 0.2) is 0 Å². The average Bonchev–Trinajstić information content (AvgIpc) is 2.60. The van der Waals surface area contributed by atoms with Gasteiger partial charge in [0.25, 0.3) is 0 Å². The molecule has 0 amide bonds. The summed E-state index contributed by atoms with van der Waals surface area (Å²) in [5, 5.41) is 0. The highest BCUT2D eigenvalue weighted by Crippen LogP contribution is 2.82. The van der Waals surface area contributed by atoms with Crippen molar-refractivity contribution >= 4 is 0 Å². The van der Waals surface area contributed by atoms with Gasteiger partial charge in [-0.25, -0.2) is 0 Å². The maximum absolute atomic E-state index is 2.53. The van der Waals surface area contributed by atoms with Gasteiger partial charge in [0.05, 0.1) is 0 Å². The number of hydrogen-bond acceptors (Lipinski definition) is 0. The SMILES string of the molecule is CC(C)C1CC2(C)C3CC3C12. The van der Waals surface area contributed by atoms with E-state index in [1.165, 1.54) is 11.8 Å². The average molecular weight is 150 g/mol. The van der Waals surface area contributed by atoms with Crippen LogP contribution in [0.5, 0.6) is 0 Å². The monoisotopic (exact) mass is 150 g/mol. The first-order valence-electron chi connectivity index (χ1n) is 5.14. The summed E-state index contributed by atoms with van der Waals surface area (Å²) in [6.07, 6.45) is 3.14. The Morgan fingerprint density at radius 1 is 1.36 bits per heavy atom. The summed E-state index contributed by atoms with van der Waals surface area (Å²) in [6, 6.07) is 0. The summed E-state index contributed by atoms with van der Waals surface area (Å²) in [4.78, 5) is 0. The van der Waals surface area contributed by atoms with Crippen LogP contribution in [0.25, 0.3) is 0 Å². The van der Waals surface area contributed by atoms with Gasteiger partial charge in [-0.05, 0) is 47.8 Å². The van der Waals surface area contributed by atoms with E-state index in [9.17, 15) is 0 Å². The number of fused-ring (bicyclic) bond motifs is 4. The minimum atomic E-state index is 0.847. The highest BCUT2D eigenvalue weighted by Gasteiger charge is 2.75. The molecular weight excluding hydrogens is 132 g/mol. The molecule has 3 fully saturated rings. The van der Waals surface area contributed by atoms with Crippen LogP contribution in [0.4, 0.5) is 0 Å². The van der Waals surface area contributed by atoms with E-state index in [0.29, 0.717) is 0 Å². The Morgan fingerprint density at radius 3 is 2.64 bits per heavy atom. The lowest BCUT2D eigenvalue weighted by Crippen LogP contribution is -2.57. The molecule has 0 aromatic rings. The summed E-state index contributed by atoms with van der Waals surface area (Å²) in [7, 11) is 0. The van der Waals surface area contributed by atoms with E-state index in [4.69, 9.17) is 0 Å². The van der Waals surface area contributed by atoms with E-state index < -0.39 is 0 Å². The Hall–Kier alpha value is 0. The number of hydrogen-bond donors (Lipinski definition) is 0. The third-order valence-corrected chi connectivity index (χ3v) is 4.90.